The van der Waals surface area contributed by atoms with Gasteiger partial charge in [-0.3, -0.25) is 10.1 Å². The van der Waals surface area contributed by atoms with Gasteiger partial charge in [0.05, 0.1) is 4.92 Å². The van der Waals surface area contributed by atoms with E-state index in [-0.39, 0.29) is 11.5 Å². The fourth-order valence-electron chi connectivity index (χ4n) is 1.06. The lowest BCUT2D eigenvalue weighted by atomic mass is 10.4. The van der Waals surface area contributed by atoms with Crippen molar-refractivity contribution in [1.82, 2.24) is 25.2 Å². The van der Waals surface area contributed by atoms with Crippen molar-refractivity contribution in [3.05, 3.63) is 22.2 Å². The van der Waals surface area contributed by atoms with E-state index in [0.717, 1.165) is 0 Å². The van der Waals surface area contributed by atoms with E-state index < -0.39 is 4.92 Å². The fourth-order valence-corrected chi connectivity index (χ4v) is 1.77. The van der Waals surface area contributed by atoms with E-state index in [4.69, 9.17) is 5.73 Å². The second-order valence-corrected chi connectivity index (χ2v) is 3.99. The van der Waals surface area contributed by atoms with Gasteiger partial charge >= 0.3 is 5.69 Å². The van der Waals surface area contributed by atoms with Crippen molar-refractivity contribution in [2.45, 2.75) is 10.2 Å². The molecule has 0 aromatic carbocycles. The van der Waals surface area contributed by atoms with Crippen LogP contribution in [0.2, 0.25) is 0 Å². The van der Waals surface area contributed by atoms with Gasteiger partial charge in [-0.2, -0.15) is 0 Å². The number of nitrogens with zero attached hydrogens (tertiary/aromatic N) is 6. The van der Waals surface area contributed by atoms with E-state index in [1.807, 2.05) is 0 Å². The molecule has 0 aliphatic heterocycles. The predicted molar refractivity (Wildman–Crippen MR) is 58.2 cm³/mol. The van der Waals surface area contributed by atoms with Gasteiger partial charge in [0.2, 0.25) is 11.0 Å². The van der Waals surface area contributed by atoms with Crippen LogP contribution >= 0.6 is 11.8 Å². The number of tetrazole rings is 1. The molecule has 0 atom stereocenters. The smallest absolute Gasteiger partial charge is 0.311 e. The summed E-state index contributed by atoms with van der Waals surface area (Å²) in [5.74, 6) is -0.130. The number of hydrogen-bond acceptors (Lipinski definition) is 8. The summed E-state index contributed by atoms with van der Waals surface area (Å²) in [6.07, 6.45) is 0. The van der Waals surface area contributed by atoms with E-state index in [1.54, 1.807) is 7.05 Å². The Labute approximate surface area is 99.2 Å². The van der Waals surface area contributed by atoms with Crippen LogP contribution in [-0.4, -0.2) is 30.1 Å². The molecular formula is C7H7N7O2S. The third kappa shape index (κ3) is 2.30. The Morgan fingerprint density at radius 3 is 2.82 bits per heavy atom. The number of nitrogen functional groups attached to an aromatic ring is 1. The zero-order valence-corrected chi connectivity index (χ0v) is 9.46. The van der Waals surface area contributed by atoms with Crippen molar-refractivity contribution in [3.63, 3.8) is 0 Å². The average molecular weight is 253 g/mol. The Kier molecular flexibility index (Phi) is 2.87. The maximum atomic E-state index is 10.5. The fraction of sp³-hybridized carbons (Fsp3) is 0.143. The molecule has 0 saturated heterocycles. The molecule has 88 valence electrons. The van der Waals surface area contributed by atoms with Crippen molar-refractivity contribution in [1.29, 1.82) is 0 Å². The Balaban J connectivity index is 2.27. The van der Waals surface area contributed by atoms with Gasteiger partial charge in [-0.15, -0.1) is 5.10 Å². The number of nitro groups is 1. The maximum absolute atomic E-state index is 10.5. The van der Waals surface area contributed by atoms with Crippen molar-refractivity contribution in [2.24, 2.45) is 7.05 Å². The summed E-state index contributed by atoms with van der Waals surface area (Å²) in [7, 11) is 1.68. The van der Waals surface area contributed by atoms with E-state index in [1.165, 1.54) is 28.6 Å². The molecule has 2 aromatic heterocycles. The molecule has 2 N–H and O–H groups in total. The van der Waals surface area contributed by atoms with Gasteiger partial charge < -0.3 is 5.73 Å². The van der Waals surface area contributed by atoms with Crippen LogP contribution in [0.3, 0.4) is 0 Å². The summed E-state index contributed by atoms with van der Waals surface area (Å²) in [4.78, 5) is 13.9. The normalized spacial score (nSPS) is 10.4. The molecule has 2 aromatic rings. The molecule has 9 nitrogen and oxygen atoms in total. The molecule has 0 saturated carbocycles. The van der Waals surface area contributed by atoms with E-state index in [9.17, 15) is 10.1 Å². The lowest BCUT2D eigenvalue weighted by molar-refractivity contribution is -0.384. The van der Waals surface area contributed by atoms with Crippen LogP contribution in [0, 0.1) is 10.1 Å². The van der Waals surface area contributed by atoms with Gasteiger partial charge in [-0.1, -0.05) is 0 Å². The molecular weight excluding hydrogens is 246 g/mol. The van der Waals surface area contributed by atoms with Gasteiger partial charge in [0.25, 0.3) is 0 Å². The molecule has 0 aliphatic rings. The van der Waals surface area contributed by atoms with Crippen molar-refractivity contribution in [2.75, 3.05) is 5.73 Å². The summed E-state index contributed by atoms with van der Waals surface area (Å²) in [5, 5.41) is 22.4. The number of hydrogen-bond donors (Lipinski definition) is 1. The van der Waals surface area contributed by atoms with Crippen molar-refractivity contribution >= 4 is 23.3 Å². The number of anilines is 1. The molecule has 0 amide bonds. The van der Waals surface area contributed by atoms with Gasteiger partial charge in [0.1, 0.15) is 5.03 Å². The van der Waals surface area contributed by atoms with Gasteiger partial charge in [0.15, 0.2) is 0 Å². The minimum atomic E-state index is -0.583. The minimum Gasteiger partial charge on any atom is -0.378 e. The highest BCUT2D eigenvalue weighted by Gasteiger charge is 2.14. The molecule has 0 unspecified atom stereocenters. The third-order valence-electron chi connectivity index (χ3n) is 1.85. The topological polar surface area (TPSA) is 126 Å². The summed E-state index contributed by atoms with van der Waals surface area (Å²) < 4.78 is 1.46. The van der Waals surface area contributed by atoms with Crippen LogP contribution in [0.15, 0.2) is 22.3 Å². The van der Waals surface area contributed by atoms with Crippen LogP contribution in [-0.2, 0) is 7.05 Å². The first-order valence-electron chi connectivity index (χ1n) is 4.39. The van der Waals surface area contributed by atoms with Crippen LogP contribution in [0.5, 0.6) is 0 Å². The molecule has 0 fully saturated rings. The van der Waals surface area contributed by atoms with E-state index in [2.05, 4.69) is 20.5 Å². The molecule has 0 bridgehead atoms. The molecule has 2 heterocycles. The zero-order valence-electron chi connectivity index (χ0n) is 8.64. The molecule has 0 spiro atoms. The Morgan fingerprint density at radius 2 is 2.29 bits per heavy atom. The van der Waals surface area contributed by atoms with E-state index >= 15 is 0 Å². The number of rotatable bonds is 3. The number of pyridine rings is 1. The van der Waals surface area contributed by atoms with Gasteiger partial charge in [-0.05, 0) is 28.3 Å². The molecule has 17 heavy (non-hydrogen) atoms. The Hall–Kier alpha value is -2.23. The maximum Gasteiger partial charge on any atom is 0.311 e. The van der Waals surface area contributed by atoms with Crippen LogP contribution in [0.1, 0.15) is 0 Å². The number of aromatic nitrogens is 5. The largest absolute Gasteiger partial charge is 0.378 e. The summed E-state index contributed by atoms with van der Waals surface area (Å²) >= 11 is 1.17. The number of nitrogens with two attached hydrogens (primary N) is 1. The highest BCUT2D eigenvalue weighted by atomic mass is 32.2. The van der Waals surface area contributed by atoms with Crippen molar-refractivity contribution in [3.8, 4) is 0 Å². The Bertz CT molecular complexity index is 569. The average Bonchev–Trinajstić information content (AvgIpc) is 2.64. The zero-order chi connectivity index (χ0) is 12.4. The highest BCUT2D eigenvalue weighted by Crippen LogP contribution is 2.27. The molecule has 0 radical (unpaired) electrons. The SMILES string of the molecule is Cn1nnnc1Sc1ccc([N+](=O)[O-])c(N)n1. The highest BCUT2D eigenvalue weighted by molar-refractivity contribution is 7.99. The monoisotopic (exact) mass is 253 g/mol. The summed E-state index contributed by atoms with van der Waals surface area (Å²) in [6, 6.07) is 2.79. The minimum absolute atomic E-state index is 0.130. The first-order chi connectivity index (χ1) is 8.08. The number of aryl methyl sites for hydroxylation is 1. The summed E-state index contributed by atoms with van der Waals surface area (Å²) in [5.41, 5.74) is 5.25. The van der Waals surface area contributed by atoms with Gasteiger partial charge in [-0.25, -0.2) is 9.67 Å². The van der Waals surface area contributed by atoms with Crippen LogP contribution in [0.25, 0.3) is 0 Å². The second kappa shape index (κ2) is 4.33. The second-order valence-electron chi connectivity index (χ2n) is 3.00. The predicted octanol–water partition coefficient (Wildman–Crippen LogP) is 0.247. The standard InChI is InChI=1S/C7H7N7O2S/c1-13-7(10-11-12-13)17-5-3-2-4(14(15)16)6(8)9-5/h2-3H,1H3,(H2,8,9). The lowest BCUT2D eigenvalue weighted by Crippen LogP contribution is -1.99. The van der Waals surface area contributed by atoms with Crippen LogP contribution in [0.4, 0.5) is 11.5 Å². The van der Waals surface area contributed by atoms with Gasteiger partial charge in [0, 0.05) is 13.1 Å². The summed E-state index contributed by atoms with van der Waals surface area (Å²) in [6.45, 7) is 0. The quantitative estimate of drug-likeness (QED) is 0.609. The van der Waals surface area contributed by atoms with E-state index in [0.29, 0.717) is 10.2 Å². The molecule has 2 rings (SSSR count). The Morgan fingerprint density at radius 1 is 1.53 bits per heavy atom. The first kappa shape index (κ1) is 11.3. The lowest BCUT2D eigenvalue weighted by Gasteiger charge is -2.00. The van der Waals surface area contributed by atoms with Crippen molar-refractivity contribution < 1.29 is 4.92 Å². The van der Waals surface area contributed by atoms with Crippen LogP contribution < -0.4 is 5.73 Å². The molecule has 0 aliphatic carbocycles. The first-order valence-corrected chi connectivity index (χ1v) is 5.20. The molecule has 10 heteroatoms. The third-order valence-corrected chi connectivity index (χ3v) is 2.82.